The van der Waals surface area contributed by atoms with Crippen LogP contribution in [0, 0.1) is 0 Å². The van der Waals surface area contributed by atoms with Gasteiger partial charge in [0, 0.05) is 37.4 Å². The Morgan fingerprint density at radius 3 is 2.53 bits per heavy atom. The number of piperazine rings is 1. The molecule has 3 heterocycles. The van der Waals surface area contributed by atoms with Crippen molar-refractivity contribution >= 4 is 46.1 Å². The number of nitrogens with zero attached hydrogens (tertiary/aromatic N) is 2. The molecule has 1 aromatic heterocycles. The third-order valence-corrected chi connectivity index (χ3v) is 6.64. The van der Waals surface area contributed by atoms with Gasteiger partial charge >= 0.3 is 0 Å². The van der Waals surface area contributed by atoms with Gasteiger partial charge in [0.05, 0.1) is 15.6 Å². The SMILES string of the molecule is O=C(Nc1ccc(N2CCN(C(=O)c3cccs3)CC2)c(Cl)c1)c1ccc2c(c1)OCO2. The van der Waals surface area contributed by atoms with Gasteiger partial charge in [0.15, 0.2) is 11.5 Å². The fourth-order valence-electron chi connectivity index (χ4n) is 3.79. The van der Waals surface area contributed by atoms with Crippen LogP contribution in [0.1, 0.15) is 20.0 Å². The molecule has 1 N–H and O–H groups in total. The normalized spacial score (nSPS) is 15.0. The number of carbonyl (C=O) groups is 2. The number of carbonyl (C=O) groups excluding carboxylic acids is 2. The lowest BCUT2D eigenvalue weighted by Crippen LogP contribution is -2.48. The van der Waals surface area contributed by atoms with Crippen molar-refractivity contribution in [2.75, 3.05) is 43.2 Å². The van der Waals surface area contributed by atoms with Gasteiger partial charge < -0.3 is 24.6 Å². The molecule has 5 rings (SSSR count). The molecule has 0 atom stereocenters. The molecule has 0 spiro atoms. The molecule has 1 fully saturated rings. The number of nitrogens with one attached hydrogen (secondary N) is 1. The Kier molecular flexibility index (Phi) is 5.63. The number of thiophene rings is 1. The first-order valence-electron chi connectivity index (χ1n) is 10.2. The standard InChI is InChI=1S/C23H20ClN3O4S/c24-17-13-16(25-22(28)15-3-6-19-20(12-15)31-14-30-19)4-5-18(17)26-7-9-27(10-8-26)23(29)21-2-1-11-32-21/h1-6,11-13H,7-10,14H2,(H,25,28). The van der Waals surface area contributed by atoms with Crippen molar-refractivity contribution in [3.8, 4) is 11.5 Å². The molecule has 2 aliphatic rings. The fraction of sp³-hybridized carbons (Fsp3) is 0.217. The first-order chi connectivity index (χ1) is 15.6. The quantitative estimate of drug-likeness (QED) is 0.615. The van der Waals surface area contributed by atoms with Gasteiger partial charge in [-0.1, -0.05) is 17.7 Å². The van der Waals surface area contributed by atoms with Crippen molar-refractivity contribution in [3.05, 3.63) is 69.4 Å². The van der Waals surface area contributed by atoms with Crippen molar-refractivity contribution in [2.45, 2.75) is 0 Å². The third-order valence-electron chi connectivity index (χ3n) is 5.48. The molecule has 0 bridgehead atoms. The summed E-state index contributed by atoms with van der Waals surface area (Å²) in [5, 5.41) is 5.33. The zero-order valence-electron chi connectivity index (χ0n) is 17.0. The summed E-state index contributed by atoms with van der Waals surface area (Å²) in [4.78, 5) is 29.9. The molecule has 2 aliphatic heterocycles. The number of hydrogen-bond donors (Lipinski definition) is 1. The number of amides is 2. The van der Waals surface area contributed by atoms with E-state index in [4.69, 9.17) is 21.1 Å². The topological polar surface area (TPSA) is 71.1 Å². The van der Waals surface area contributed by atoms with Crippen LogP contribution in [0.15, 0.2) is 53.9 Å². The van der Waals surface area contributed by atoms with Crippen LogP contribution in [-0.2, 0) is 0 Å². The predicted octanol–water partition coefficient (Wildman–Crippen LogP) is 4.34. The Labute approximate surface area is 194 Å². The highest BCUT2D eigenvalue weighted by Crippen LogP contribution is 2.33. The summed E-state index contributed by atoms with van der Waals surface area (Å²) in [5.41, 5.74) is 1.96. The Balaban J connectivity index is 1.22. The predicted molar refractivity (Wildman–Crippen MR) is 124 cm³/mol. The van der Waals surface area contributed by atoms with Crippen LogP contribution in [0.5, 0.6) is 11.5 Å². The molecular weight excluding hydrogens is 450 g/mol. The monoisotopic (exact) mass is 469 g/mol. The van der Waals surface area contributed by atoms with E-state index in [2.05, 4.69) is 10.2 Å². The smallest absolute Gasteiger partial charge is 0.264 e. The van der Waals surface area contributed by atoms with E-state index < -0.39 is 0 Å². The van der Waals surface area contributed by atoms with Crippen molar-refractivity contribution in [1.82, 2.24) is 4.90 Å². The summed E-state index contributed by atoms with van der Waals surface area (Å²) in [6.45, 7) is 2.82. The highest BCUT2D eigenvalue weighted by molar-refractivity contribution is 7.12. The summed E-state index contributed by atoms with van der Waals surface area (Å²) in [7, 11) is 0. The van der Waals surface area contributed by atoms with Gasteiger partial charge in [-0.25, -0.2) is 0 Å². The van der Waals surface area contributed by atoms with Crippen molar-refractivity contribution in [2.24, 2.45) is 0 Å². The van der Waals surface area contributed by atoms with E-state index in [9.17, 15) is 9.59 Å². The van der Waals surface area contributed by atoms with E-state index in [1.54, 1.807) is 24.3 Å². The fourth-order valence-corrected chi connectivity index (χ4v) is 4.78. The van der Waals surface area contributed by atoms with E-state index >= 15 is 0 Å². The highest BCUT2D eigenvalue weighted by atomic mass is 35.5. The van der Waals surface area contributed by atoms with Crippen LogP contribution in [0.25, 0.3) is 0 Å². The maximum Gasteiger partial charge on any atom is 0.264 e. The molecule has 164 valence electrons. The average molecular weight is 470 g/mol. The van der Waals surface area contributed by atoms with Crippen molar-refractivity contribution in [1.29, 1.82) is 0 Å². The van der Waals surface area contributed by atoms with Gasteiger partial charge in [0.2, 0.25) is 6.79 Å². The summed E-state index contributed by atoms with van der Waals surface area (Å²) in [6.07, 6.45) is 0. The molecule has 2 aromatic carbocycles. The van der Waals surface area contributed by atoms with Gasteiger partial charge in [-0.3, -0.25) is 9.59 Å². The molecule has 0 aliphatic carbocycles. The molecule has 0 saturated carbocycles. The van der Waals surface area contributed by atoms with E-state index in [1.165, 1.54) is 11.3 Å². The lowest BCUT2D eigenvalue weighted by atomic mass is 10.1. The maximum atomic E-state index is 12.6. The van der Waals surface area contributed by atoms with E-state index in [1.807, 2.05) is 34.5 Å². The maximum absolute atomic E-state index is 12.6. The van der Waals surface area contributed by atoms with E-state index in [0.717, 1.165) is 10.6 Å². The average Bonchev–Trinajstić information content (AvgIpc) is 3.50. The highest BCUT2D eigenvalue weighted by Gasteiger charge is 2.24. The number of halogens is 1. The van der Waals surface area contributed by atoms with Gasteiger partial charge in [-0.2, -0.15) is 0 Å². The van der Waals surface area contributed by atoms with Crippen molar-refractivity contribution < 1.29 is 19.1 Å². The molecule has 9 heteroatoms. The van der Waals surface area contributed by atoms with Gasteiger partial charge in [0.1, 0.15) is 0 Å². The summed E-state index contributed by atoms with van der Waals surface area (Å²) < 4.78 is 10.6. The van der Waals surface area contributed by atoms with E-state index in [-0.39, 0.29) is 18.6 Å². The second-order valence-electron chi connectivity index (χ2n) is 7.44. The second-order valence-corrected chi connectivity index (χ2v) is 8.80. The first-order valence-corrected chi connectivity index (χ1v) is 11.4. The summed E-state index contributed by atoms with van der Waals surface area (Å²) in [5.74, 6) is 1.01. The van der Waals surface area contributed by atoms with Crippen LogP contribution in [-0.4, -0.2) is 49.7 Å². The molecule has 7 nitrogen and oxygen atoms in total. The Hall–Kier alpha value is -3.23. The molecule has 2 amide bonds. The molecule has 1 saturated heterocycles. The largest absolute Gasteiger partial charge is 0.454 e. The number of hydrogen-bond acceptors (Lipinski definition) is 6. The molecule has 3 aromatic rings. The molecule has 0 radical (unpaired) electrons. The number of benzene rings is 2. The minimum atomic E-state index is -0.257. The second kappa shape index (κ2) is 8.72. The van der Waals surface area contributed by atoms with Crippen LogP contribution in [0.3, 0.4) is 0 Å². The Morgan fingerprint density at radius 2 is 1.78 bits per heavy atom. The van der Waals surface area contributed by atoms with Crippen molar-refractivity contribution in [3.63, 3.8) is 0 Å². The van der Waals surface area contributed by atoms with Crippen LogP contribution >= 0.6 is 22.9 Å². The molecule has 0 unspecified atom stereocenters. The van der Waals surface area contributed by atoms with Crippen LogP contribution < -0.4 is 19.7 Å². The Bertz CT molecular complexity index is 1160. The zero-order chi connectivity index (χ0) is 22.1. The van der Waals surface area contributed by atoms with Crippen LogP contribution in [0.4, 0.5) is 11.4 Å². The summed E-state index contributed by atoms with van der Waals surface area (Å²) in [6, 6.07) is 14.3. The van der Waals surface area contributed by atoms with Crippen LogP contribution in [0.2, 0.25) is 5.02 Å². The van der Waals surface area contributed by atoms with Gasteiger partial charge in [-0.05, 0) is 47.8 Å². The first kappa shape index (κ1) is 20.7. The number of ether oxygens (including phenoxy) is 2. The van der Waals surface area contributed by atoms with Gasteiger partial charge in [-0.15, -0.1) is 11.3 Å². The number of rotatable bonds is 4. The molecular formula is C23H20ClN3O4S. The van der Waals surface area contributed by atoms with E-state index in [0.29, 0.717) is 54.0 Å². The minimum Gasteiger partial charge on any atom is -0.454 e. The minimum absolute atomic E-state index is 0.0762. The lowest BCUT2D eigenvalue weighted by molar-refractivity contribution is 0.0751. The van der Waals surface area contributed by atoms with Gasteiger partial charge in [0.25, 0.3) is 11.8 Å². The molecule has 32 heavy (non-hydrogen) atoms. The summed E-state index contributed by atoms with van der Waals surface area (Å²) >= 11 is 8.00. The number of anilines is 2. The third kappa shape index (κ3) is 4.11. The Morgan fingerprint density at radius 1 is 0.969 bits per heavy atom. The lowest BCUT2D eigenvalue weighted by Gasteiger charge is -2.36. The number of fused-ring (bicyclic) bond motifs is 1. The zero-order valence-corrected chi connectivity index (χ0v) is 18.6.